The van der Waals surface area contributed by atoms with Crippen molar-refractivity contribution in [3.63, 3.8) is 0 Å². The van der Waals surface area contributed by atoms with Gasteiger partial charge in [0.25, 0.3) is 0 Å². The topological polar surface area (TPSA) is 35.8 Å². The van der Waals surface area contributed by atoms with Crippen molar-refractivity contribution in [2.75, 3.05) is 14.2 Å². The second-order valence-electron chi connectivity index (χ2n) is 5.41. The number of hydrogen-bond acceptors (Lipinski definition) is 3. The number of imidazole rings is 1. The molecule has 0 amide bonds. The maximum Gasteiger partial charge on any atom is 0.140 e. The van der Waals surface area contributed by atoms with E-state index in [0.29, 0.717) is 0 Å². The van der Waals surface area contributed by atoms with Crippen LogP contribution >= 0.6 is 11.6 Å². The number of fused-ring (bicyclic) bond motifs is 1. The van der Waals surface area contributed by atoms with Gasteiger partial charge in [-0.2, -0.15) is 0 Å². The van der Waals surface area contributed by atoms with E-state index < -0.39 is 0 Å². The van der Waals surface area contributed by atoms with Crippen molar-refractivity contribution in [2.24, 2.45) is 0 Å². The third-order valence-corrected chi connectivity index (χ3v) is 4.13. The standard InChI is InChI=1S/C18H19ClN2O2/c1-11-6-5-9-21-17(12(2)19)16(20-18(11)21)14-10-13(22-3)7-8-15(14)23-4/h5-10,12H,1-4H3. The van der Waals surface area contributed by atoms with Gasteiger partial charge in [0.15, 0.2) is 0 Å². The molecule has 0 fully saturated rings. The highest BCUT2D eigenvalue weighted by Gasteiger charge is 2.21. The smallest absolute Gasteiger partial charge is 0.140 e. The molecule has 3 aromatic rings. The van der Waals surface area contributed by atoms with E-state index in [1.54, 1.807) is 14.2 Å². The summed E-state index contributed by atoms with van der Waals surface area (Å²) in [6.07, 6.45) is 1.99. The molecule has 0 saturated heterocycles. The molecule has 0 saturated carbocycles. The number of nitrogens with zero attached hydrogens (tertiary/aromatic N) is 2. The fourth-order valence-corrected chi connectivity index (χ4v) is 3.01. The monoisotopic (exact) mass is 330 g/mol. The normalized spacial score (nSPS) is 12.4. The molecule has 0 radical (unpaired) electrons. The predicted molar refractivity (Wildman–Crippen MR) is 92.7 cm³/mol. The number of methoxy groups -OCH3 is 2. The van der Waals surface area contributed by atoms with E-state index in [4.69, 9.17) is 26.1 Å². The average molecular weight is 331 g/mol. The molecule has 1 aromatic carbocycles. The molecule has 0 aliphatic carbocycles. The Bertz CT molecular complexity index is 856. The van der Waals surface area contributed by atoms with Crippen LogP contribution < -0.4 is 9.47 Å². The van der Waals surface area contributed by atoms with Gasteiger partial charge in [-0.25, -0.2) is 4.98 Å². The third kappa shape index (κ3) is 2.63. The molecule has 3 rings (SSSR count). The molecule has 0 bridgehead atoms. The van der Waals surface area contributed by atoms with Crippen LogP contribution in [0.2, 0.25) is 0 Å². The fourth-order valence-electron chi connectivity index (χ4n) is 2.80. The zero-order chi connectivity index (χ0) is 16.6. The number of ether oxygens (including phenoxy) is 2. The number of rotatable bonds is 4. The maximum atomic E-state index is 6.47. The molecule has 120 valence electrons. The quantitative estimate of drug-likeness (QED) is 0.654. The highest BCUT2D eigenvalue weighted by atomic mass is 35.5. The minimum Gasteiger partial charge on any atom is -0.497 e. The van der Waals surface area contributed by atoms with Crippen LogP contribution in [-0.4, -0.2) is 23.6 Å². The lowest BCUT2D eigenvalue weighted by atomic mass is 10.1. The van der Waals surface area contributed by atoms with Crippen LogP contribution in [0.5, 0.6) is 11.5 Å². The minimum atomic E-state index is -0.197. The van der Waals surface area contributed by atoms with Crippen LogP contribution in [0.4, 0.5) is 0 Å². The molecule has 2 aromatic heterocycles. The van der Waals surface area contributed by atoms with Crippen LogP contribution in [0.3, 0.4) is 0 Å². The Morgan fingerprint density at radius 3 is 2.61 bits per heavy atom. The fraction of sp³-hybridized carbons (Fsp3) is 0.278. The van der Waals surface area contributed by atoms with E-state index in [9.17, 15) is 0 Å². The van der Waals surface area contributed by atoms with Crippen LogP contribution in [0.15, 0.2) is 36.5 Å². The van der Waals surface area contributed by atoms with Crippen molar-refractivity contribution < 1.29 is 9.47 Å². The summed E-state index contributed by atoms with van der Waals surface area (Å²) in [6, 6.07) is 9.72. The second kappa shape index (κ2) is 6.13. The number of benzene rings is 1. The molecule has 4 nitrogen and oxygen atoms in total. The van der Waals surface area contributed by atoms with Crippen LogP contribution in [0.1, 0.15) is 23.6 Å². The minimum absolute atomic E-state index is 0.197. The second-order valence-corrected chi connectivity index (χ2v) is 6.07. The highest BCUT2D eigenvalue weighted by molar-refractivity contribution is 6.20. The Kier molecular flexibility index (Phi) is 4.18. The van der Waals surface area contributed by atoms with E-state index in [1.807, 2.05) is 54.8 Å². The summed E-state index contributed by atoms with van der Waals surface area (Å²) in [4.78, 5) is 4.83. The van der Waals surface area contributed by atoms with Gasteiger partial charge in [-0.15, -0.1) is 11.6 Å². The zero-order valence-electron chi connectivity index (χ0n) is 13.6. The van der Waals surface area contributed by atoms with Gasteiger partial charge in [0.2, 0.25) is 0 Å². The molecule has 0 spiro atoms. The van der Waals surface area contributed by atoms with Gasteiger partial charge in [0.05, 0.1) is 31.0 Å². The molecular formula is C18H19ClN2O2. The van der Waals surface area contributed by atoms with Gasteiger partial charge in [0, 0.05) is 11.8 Å². The summed E-state index contributed by atoms with van der Waals surface area (Å²) in [5.41, 5.74) is 4.63. The number of halogens is 1. The number of alkyl halides is 1. The molecule has 1 atom stereocenters. The molecule has 1 unspecified atom stereocenters. The van der Waals surface area contributed by atoms with Gasteiger partial charge >= 0.3 is 0 Å². The molecule has 0 aliphatic heterocycles. The van der Waals surface area contributed by atoms with Gasteiger partial charge in [-0.3, -0.25) is 0 Å². The van der Waals surface area contributed by atoms with Crippen molar-refractivity contribution in [3.8, 4) is 22.8 Å². The lowest BCUT2D eigenvalue weighted by molar-refractivity contribution is 0.404. The van der Waals surface area contributed by atoms with Crippen molar-refractivity contribution in [1.82, 2.24) is 9.38 Å². The Morgan fingerprint density at radius 2 is 1.96 bits per heavy atom. The molecule has 0 aliphatic rings. The van der Waals surface area contributed by atoms with Gasteiger partial charge < -0.3 is 13.9 Å². The molecular weight excluding hydrogens is 312 g/mol. The first-order valence-electron chi connectivity index (χ1n) is 7.40. The highest BCUT2D eigenvalue weighted by Crippen LogP contribution is 2.39. The van der Waals surface area contributed by atoms with Gasteiger partial charge in [0.1, 0.15) is 17.1 Å². The molecule has 5 heteroatoms. The summed E-state index contributed by atoms with van der Waals surface area (Å²) < 4.78 is 12.9. The first-order valence-corrected chi connectivity index (χ1v) is 7.84. The summed E-state index contributed by atoms with van der Waals surface area (Å²) >= 11 is 6.47. The summed E-state index contributed by atoms with van der Waals surface area (Å²) in [6.45, 7) is 3.99. The van der Waals surface area contributed by atoms with Gasteiger partial charge in [-0.05, 0) is 43.7 Å². The predicted octanol–water partition coefficient (Wildman–Crippen LogP) is 4.63. The first-order chi connectivity index (χ1) is 11.1. The van der Waals surface area contributed by atoms with Gasteiger partial charge in [-0.1, -0.05) is 6.07 Å². The third-order valence-electron chi connectivity index (χ3n) is 3.92. The largest absolute Gasteiger partial charge is 0.497 e. The number of aryl methyl sites for hydroxylation is 1. The summed E-state index contributed by atoms with van der Waals surface area (Å²) in [7, 11) is 3.29. The lowest BCUT2D eigenvalue weighted by Gasteiger charge is -2.12. The lowest BCUT2D eigenvalue weighted by Crippen LogP contribution is -1.97. The zero-order valence-corrected chi connectivity index (χ0v) is 14.4. The van der Waals surface area contributed by atoms with E-state index >= 15 is 0 Å². The Labute approximate surface area is 140 Å². The van der Waals surface area contributed by atoms with E-state index in [0.717, 1.165) is 39.7 Å². The Morgan fingerprint density at radius 1 is 1.17 bits per heavy atom. The Hall–Kier alpha value is -2.20. The first kappa shape index (κ1) is 15.7. The number of aromatic nitrogens is 2. The van der Waals surface area contributed by atoms with E-state index in [1.165, 1.54) is 0 Å². The summed E-state index contributed by atoms with van der Waals surface area (Å²) in [5, 5.41) is -0.197. The Balaban J connectivity index is 2.36. The SMILES string of the molecule is COc1ccc(OC)c(-c2nc3c(C)cccn3c2C(C)Cl)c1. The van der Waals surface area contributed by atoms with Crippen LogP contribution in [0, 0.1) is 6.92 Å². The summed E-state index contributed by atoms with van der Waals surface area (Å²) in [5.74, 6) is 1.49. The number of pyridine rings is 1. The average Bonchev–Trinajstić information content (AvgIpc) is 2.95. The van der Waals surface area contributed by atoms with E-state index in [2.05, 4.69) is 0 Å². The van der Waals surface area contributed by atoms with Crippen molar-refractivity contribution in [3.05, 3.63) is 47.8 Å². The van der Waals surface area contributed by atoms with Crippen molar-refractivity contribution >= 4 is 17.2 Å². The van der Waals surface area contributed by atoms with E-state index in [-0.39, 0.29) is 5.38 Å². The van der Waals surface area contributed by atoms with Crippen molar-refractivity contribution in [2.45, 2.75) is 19.2 Å². The maximum absolute atomic E-state index is 6.47. The molecule has 23 heavy (non-hydrogen) atoms. The van der Waals surface area contributed by atoms with Crippen molar-refractivity contribution in [1.29, 1.82) is 0 Å². The molecule has 2 heterocycles. The van der Waals surface area contributed by atoms with Crippen LogP contribution in [0.25, 0.3) is 16.9 Å². The number of hydrogen-bond donors (Lipinski definition) is 0. The van der Waals surface area contributed by atoms with Crippen LogP contribution in [-0.2, 0) is 0 Å². The molecule has 0 N–H and O–H groups in total.